The van der Waals surface area contributed by atoms with Crippen LogP contribution < -0.4 is 4.74 Å². The maximum atomic E-state index is 6.09. The third kappa shape index (κ3) is 3.47. The van der Waals surface area contributed by atoms with Gasteiger partial charge >= 0.3 is 0 Å². The van der Waals surface area contributed by atoms with Gasteiger partial charge in [-0.1, -0.05) is 43.6 Å². The van der Waals surface area contributed by atoms with Crippen molar-refractivity contribution in [2.75, 3.05) is 0 Å². The molecule has 0 heterocycles. The van der Waals surface area contributed by atoms with Crippen molar-refractivity contribution in [3.05, 3.63) is 58.1 Å². The van der Waals surface area contributed by atoms with Gasteiger partial charge in [0.1, 0.15) is 11.5 Å². The van der Waals surface area contributed by atoms with Crippen LogP contribution in [-0.2, 0) is 5.88 Å². The number of ether oxygens (including phenoxy) is 1. The third-order valence-electron chi connectivity index (χ3n) is 3.18. The van der Waals surface area contributed by atoms with E-state index in [1.54, 1.807) is 0 Å². The fourth-order valence-electron chi connectivity index (χ4n) is 2.06. The second kappa shape index (κ2) is 6.51. The average Bonchev–Trinajstić information content (AvgIpc) is 2.38. The molecule has 0 radical (unpaired) electrons. The molecule has 0 aliphatic rings. The molecule has 0 N–H and O–H groups in total. The Morgan fingerprint density at radius 3 is 2.45 bits per heavy atom. The van der Waals surface area contributed by atoms with Gasteiger partial charge in [0.15, 0.2) is 0 Å². The van der Waals surface area contributed by atoms with Gasteiger partial charge in [0.25, 0.3) is 0 Å². The molecule has 0 bridgehead atoms. The van der Waals surface area contributed by atoms with Crippen molar-refractivity contribution in [3.8, 4) is 11.5 Å². The largest absolute Gasteiger partial charge is 0.457 e. The third-order valence-corrected chi connectivity index (χ3v) is 3.71. The molecule has 0 atom stereocenters. The number of aryl methyl sites for hydroxylation is 1. The monoisotopic (exact) mass is 308 g/mol. The van der Waals surface area contributed by atoms with Gasteiger partial charge in [-0.3, -0.25) is 0 Å². The van der Waals surface area contributed by atoms with Crippen molar-refractivity contribution < 1.29 is 4.74 Å². The summed E-state index contributed by atoms with van der Waals surface area (Å²) in [5, 5.41) is 0.646. The highest BCUT2D eigenvalue weighted by atomic mass is 35.5. The van der Waals surface area contributed by atoms with Gasteiger partial charge < -0.3 is 4.74 Å². The van der Waals surface area contributed by atoms with Gasteiger partial charge in [0.2, 0.25) is 0 Å². The van der Waals surface area contributed by atoms with E-state index in [-0.39, 0.29) is 0 Å². The Labute approximate surface area is 130 Å². The molecule has 3 heteroatoms. The lowest BCUT2D eigenvalue weighted by atomic mass is 10.0. The molecule has 2 rings (SSSR count). The van der Waals surface area contributed by atoms with E-state index in [1.807, 2.05) is 24.3 Å². The highest BCUT2D eigenvalue weighted by molar-refractivity contribution is 6.30. The Hall–Kier alpha value is -1.18. The highest BCUT2D eigenvalue weighted by Gasteiger charge is 2.11. The quantitative estimate of drug-likeness (QED) is 0.602. The van der Waals surface area contributed by atoms with E-state index in [2.05, 4.69) is 32.9 Å². The average molecular weight is 309 g/mol. The topological polar surface area (TPSA) is 9.23 Å². The molecule has 0 aromatic heterocycles. The molecule has 0 saturated carbocycles. The summed E-state index contributed by atoms with van der Waals surface area (Å²) in [6, 6.07) is 11.8. The predicted octanol–water partition coefficient (Wildman–Crippen LogP) is 6.30. The van der Waals surface area contributed by atoms with Gasteiger partial charge in [-0.2, -0.15) is 0 Å². The van der Waals surface area contributed by atoms with Crippen LogP contribution in [0.3, 0.4) is 0 Å². The molecule has 0 aliphatic heterocycles. The molecule has 0 aliphatic carbocycles. The van der Waals surface area contributed by atoms with E-state index in [0.29, 0.717) is 16.8 Å². The van der Waals surface area contributed by atoms with Crippen molar-refractivity contribution >= 4 is 23.2 Å². The Morgan fingerprint density at radius 1 is 1.05 bits per heavy atom. The first kappa shape index (κ1) is 15.2. The Balaban J connectivity index is 2.44. The van der Waals surface area contributed by atoms with E-state index >= 15 is 0 Å². The summed E-state index contributed by atoms with van der Waals surface area (Å²) < 4.78 is 6.09. The number of hydrogen-bond acceptors (Lipinski definition) is 1. The molecule has 106 valence electrons. The molecule has 20 heavy (non-hydrogen) atoms. The number of hydrogen-bond donors (Lipinski definition) is 0. The van der Waals surface area contributed by atoms with Crippen LogP contribution >= 0.6 is 23.2 Å². The number of alkyl halides is 1. The van der Waals surface area contributed by atoms with Crippen LogP contribution in [0.25, 0.3) is 0 Å². The summed E-state index contributed by atoms with van der Waals surface area (Å²) in [7, 11) is 0. The lowest BCUT2D eigenvalue weighted by molar-refractivity contribution is 0.468. The van der Waals surface area contributed by atoms with Crippen molar-refractivity contribution in [2.24, 2.45) is 0 Å². The lowest BCUT2D eigenvalue weighted by Crippen LogP contribution is -1.96. The molecule has 0 amide bonds. The van der Waals surface area contributed by atoms with Crippen LogP contribution in [0.4, 0.5) is 0 Å². The molecule has 1 nitrogen and oxygen atoms in total. The first-order valence-electron chi connectivity index (χ1n) is 6.64. The fourth-order valence-corrected chi connectivity index (χ4v) is 2.44. The second-order valence-electron chi connectivity index (χ2n) is 5.18. The van der Waals surface area contributed by atoms with Gasteiger partial charge in [-0.15, -0.1) is 11.6 Å². The first-order chi connectivity index (χ1) is 9.51. The smallest absolute Gasteiger partial charge is 0.133 e. The molecule has 0 unspecified atom stereocenters. The van der Waals surface area contributed by atoms with Gasteiger partial charge in [0.05, 0.1) is 5.88 Å². The van der Waals surface area contributed by atoms with E-state index in [4.69, 9.17) is 27.9 Å². The summed E-state index contributed by atoms with van der Waals surface area (Å²) >= 11 is 12.0. The highest BCUT2D eigenvalue weighted by Crippen LogP contribution is 2.34. The second-order valence-corrected chi connectivity index (χ2v) is 5.89. The Bertz CT molecular complexity index is 606. The first-order valence-corrected chi connectivity index (χ1v) is 7.55. The summed E-state index contributed by atoms with van der Waals surface area (Å²) in [5.41, 5.74) is 3.28. The van der Waals surface area contributed by atoms with Crippen LogP contribution in [0.1, 0.15) is 36.5 Å². The molecule has 0 spiro atoms. The number of rotatable bonds is 4. The standard InChI is InChI=1S/C17H18Cl2O/c1-11(2)15-7-4-12(3)8-17(15)20-16-9-14(19)6-5-13(16)10-18/h4-9,11H,10H2,1-3H3. The zero-order valence-corrected chi connectivity index (χ0v) is 13.4. The zero-order valence-electron chi connectivity index (χ0n) is 11.9. The predicted molar refractivity (Wildman–Crippen MR) is 86.4 cm³/mol. The normalized spacial score (nSPS) is 10.9. The van der Waals surface area contributed by atoms with Crippen LogP contribution in [0.15, 0.2) is 36.4 Å². The summed E-state index contributed by atoms with van der Waals surface area (Å²) in [6.07, 6.45) is 0. The fraction of sp³-hybridized carbons (Fsp3) is 0.294. The zero-order chi connectivity index (χ0) is 14.7. The van der Waals surface area contributed by atoms with Crippen molar-refractivity contribution in [2.45, 2.75) is 32.6 Å². The van der Waals surface area contributed by atoms with Crippen LogP contribution in [-0.4, -0.2) is 0 Å². The minimum absolute atomic E-state index is 0.393. The Kier molecular flexibility index (Phi) is 4.95. The van der Waals surface area contributed by atoms with E-state index in [0.717, 1.165) is 17.1 Å². The lowest BCUT2D eigenvalue weighted by Gasteiger charge is -2.16. The van der Waals surface area contributed by atoms with Crippen molar-refractivity contribution in [1.29, 1.82) is 0 Å². The van der Waals surface area contributed by atoms with Gasteiger partial charge in [0, 0.05) is 10.6 Å². The number of halogens is 2. The van der Waals surface area contributed by atoms with Gasteiger partial charge in [-0.05, 0) is 42.2 Å². The molecular weight excluding hydrogens is 291 g/mol. The summed E-state index contributed by atoms with van der Waals surface area (Å²) in [5.74, 6) is 2.38. The molecule has 0 fully saturated rings. The minimum atomic E-state index is 0.393. The SMILES string of the molecule is Cc1ccc(C(C)C)c(Oc2cc(Cl)ccc2CCl)c1. The molecule has 2 aromatic rings. The molecular formula is C17H18Cl2O. The van der Waals surface area contributed by atoms with Crippen LogP contribution in [0.2, 0.25) is 5.02 Å². The molecule has 2 aromatic carbocycles. The van der Waals surface area contributed by atoms with Crippen molar-refractivity contribution in [3.63, 3.8) is 0 Å². The minimum Gasteiger partial charge on any atom is -0.457 e. The number of benzene rings is 2. The molecule has 0 saturated heterocycles. The van der Waals surface area contributed by atoms with E-state index in [9.17, 15) is 0 Å². The summed E-state index contributed by atoms with van der Waals surface area (Å²) in [4.78, 5) is 0. The Morgan fingerprint density at radius 2 is 1.80 bits per heavy atom. The van der Waals surface area contributed by atoms with Crippen molar-refractivity contribution in [1.82, 2.24) is 0 Å². The van der Waals surface area contributed by atoms with E-state index in [1.165, 1.54) is 11.1 Å². The van der Waals surface area contributed by atoms with Crippen LogP contribution in [0, 0.1) is 6.92 Å². The maximum Gasteiger partial charge on any atom is 0.133 e. The maximum absolute atomic E-state index is 6.09. The summed E-state index contributed by atoms with van der Waals surface area (Å²) in [6.45, 7) is 6.35. The van der Waals surface area contributed by atoms with Crippen LogP contribution in [0.5, 0.6) is 11.5 Å². The van der Waals surface area contributed by atoms with E-state index < -0.39 is 0 Å². The van der Waals surface area contributed by atoms with Gasteiger partial charge in [-0.25, -0.2) is 0 Å².